The van der Waals surface area contributed by atoms with Crippen molar-refractivity contribution in [3.05, 3.63) is 16.8 Å². The van der Waals surface area contributed by atoms with Gasteiger partial charge in [-0.1, -0.05) is 26.1 Å². The molecular weight excluding hydrogens is 288 g/mol. The standard InChI is InChI=1S/C14H22N4O2S/c1-4-9-10(5-2)17-18-14(12(9)13(15)21)16-8-7-11(19)20-6-3/h4-8H2,1-3H3,(H2,15,21)(H,16,18). The van der Waals surface area contributed by atoms with Gasteiger partial charge in [0.1, 0.15) is 4.99 Å². The predicted molar refractivity (Wildman–Crippen MR) is 86.4 cm³/mol. The summed E-state index contributed by atoms with van der Waals surface area (Å²) in [6, 6.07) is 0. The number of nitrogens with two attached hydrogens (primary N) is 1. The first-order valence-corrected chi connectivity index (χ1v) is 7.53. The average molecular weight is 310 g/mol. The Bertz CT molecular complexity index is 520. The first-order chi connectivity index (χ1) is 10.0. The molecule has 1 aromatic rings. The van der Waals surface area contributed by atoms with Gasteiger partial charge in [0.2, 0.25) is 0 Å². The van der Waals surface area contributed by atoms with Gasteiger partial charge in [0, 0.05) is 6.54 Å². The van der Waals surface area contributed by atoms with Gasteiger partial charge >= 0.3 is 5.97 Å². The van der Waals surface area contributed by atoms with Gasteiger partial charge in [-0.05, 0) is 25.3 Å². The lowest BCUT2D eigenvalue weighted by Crippen LogP contribution is -2.21. The minimum atomic E-state index is -0.254. The lowest BCUT2D eigenvalue weighted by Gasteiger charge is -2.15. The summed E-state index contributed by atoms with van der Waals surface area (Å²) in [5, 5.41) is 11.4. The van der Waals surface area contributed by atoms with Gasteiger partial charge in [0.05, 0.1) is 24.3 Å². The minimum Gasteiger partial charge on any atom is -0.466 e. The van der Waals surface area contributed by atoms with Crippen LogP contribution in [0.15, 0.2) is 0 Å². The van der Waals surface area contributed by atoms with E-state index in [1.165, 1.54) is 0 Å². The van der Waals surface area contributed by atoms with Crippen molar-refractivity contribution in [1.82, 2.24) is 10.2 Å². The van der Waals surface area contributed by atoms with Crippen LogP contribution < -0.4 is 11.1 Å². The molecule has 0 saturated heterocycles. The van der Waals surface area contributed by atoms with Crippen molar-refractivity contribution in [2.75, 3.05) is 18.5 Å². The molecule has 0 saturated carbocycles. The van der Waals surface area contributed by atoms with Crippen molar-refractivity contribution in [2.24, 2.45) is 5.73 Å². The summed E-state index contributed by atoms with van der Waals surface area (Å²) in [7, 11) is 0. The fraction of sp³-hybridized carbons (Fsp3) is 0.571. The van der Waals surface area contributed by atoms with Gasteiger partial charge in [-0.25, -0.2) is 0 Å². The summed E-state index contributed by atoms with van der Waals surface area (Å²) < 4.78 is 4.87. The number of aryl methyl sites for hydroxylation is 1. The Morgan fingerprint density at radius 1 is 1.29 bits per heavy atom. The van der Waals surface area contributed by atoms with Gasteiger partial charge in [-0.15, -0.1) is 5.10 Å². The third-order valence-corrected chi connectivity index (χ3v) is 3.22. The van der Waals surface area contributed by atoms with E-state index < -0.39 is 0 Å². The number of rotatable bonds is 8. The Hall–Kier alpha value is -1.76. The van der Waals surface area contributed by atoms with Gasteiger partial charge in [-0.2, -0.15) is 5.10 Å². The molecule has 1 heterocycles. The monoisotopic (exact) mass is 310 g/mol. The highest BCUT2D eigenvalue weighted by atomic mass is 32.1. The Kier molecular flexibility index (Phi) is 7.01. The van der Waals surface area contributed by atoms with Crippen molar-refractivity contribution >= 4 is 29.0 Å². The van der Waals surface area contributed by atoms with Crippen molar-refractivity contribution in [3.8, 4) is 0 Å². The maximum absolute atomic E-state index is 11.3. The maximum atomic E-state index is 11.3. The molecule has 6 nitrogen and oxygen atoms in total. The van der Waals surface area contributed by atoms with Gasteiger partial charge in [-0.3, -0.25) is 4.79 Å². The zero-order valence-corrected chi connectivity index (χ0v) is 13.5. The Morgan fingerprint density at radius 2 is 2.00 bits per heavy atom. The second-order valence-electron chi connectivity index (χ2n) is 4.40. The average Bonchev–Trinajstić information content (AvgIpc) is 2.46. The molecule has 0 fully saturated rings. The van der Waals surface area contributed by atoms with Crippen LogP contribution in [0.3, 0.4) is 0 Å². The molecule has 1 rings (SSSR count). The molecule has 0 aliphatic rings. The molecule has 0 aliphatic heterocycles. The van der Waals surface area contributed by atoms with E-state index in [-0.39, 0.29) is 17.4 Å². The molecule has 1 aromatic heterocycles. The van der Waals surface area contributed by atoms with Crippen LogP contribution in [0.4, 0.5) is 5.82 Å². The molecule has 0 aromatic carbocycles. The molecule has 116 valence electrons. The lowest BCUT2D eigenvalue weighted by atomic mass is 10.0. The van der Waals surface area contributed by atoms with Gasteiger partial charge in [0.25, 0.3) is 0 Å². The number of nitrogens with one attached hydrogen (secondary N) is 1. The van der Waals surface area contributed by atoms with E-state index in [1.807, 2.05) is 13.8 Å². The predicted octanol–water partition coefficient (Wildman–Crippen LogP) is 1.60. The Labute approximate surface area is 130 Å². The largest absolute Gasteiger partial charge is 0.466 e. The van der Waals surface area contributed by atoms with Crippen LogP contribution in [0.1, 0.15) is 44.0 Å². The quantitative estimate of drug-likeness (QED) is 0.556. The van der Waals surface area contributed by atoms with Crippen LogP contribution in [-0.2, 0) is 22.4 Å². The van der Waals surface area contributed by atoms with Crippen LogP contribution >= 0.6 is 12.2 Å². The highest BCUT2D eigenvalue weighted by Crippen LogP contribution is 2.20. The highest BCUT2D eigenvalue weighted by Gasteiger charge is 2.16. The Balaban J connectivity index is 2.91. The summed E-state index contributed by atoms with van der Waals surface area (Å²) >= 11 is 5.13. The number of thiocarbonyl (C=S) groups is 1. The smallest absolute Gasteiger partial charge is 0.307 e. The number of nitrogens with zero attached hydrogens (tertiary/aromatic N) is 2. The summed E-state index contributed by atoms with van der Waals surface area (Å²) in [6.45, 7) is 6.60. The number of anilines is 1. The number of carbonyl (C=O) groups is 1. The van der Waals surface area contributed by atoms with E-state index in [0.29, 0.717) is 19.0 Å². The number of esters is 1. The van der Waals surface area contributed by atoms with E-state index >= 15 is 0 Å². The summed E-state index contributed by atoms with van der Waals surface area (Å²) in [4.78, 5) is 11.6. The minimum absolute atomic E-state index is 0.253. The van der Waals surface area contributed by atoms with Gasteiger partial charge < -0.3 is 15.8 Å². The van der Waals surface area contributed by atoms with E-state index in [2.05, 4.69) is 15.5 Å². The van der Waals surface area contributed by atoms with Crippen LogP contribution in [0.25, 0.3) is 0 Å². The molecule has 7 heteroatoms. The first kappa shape index (κ1) is 17.3. The molecule has 0 bridgehead atoms. The van der Waals surface area contributed by atoms with Crippen molar-refractivity contribution in [1.29, 1.82) is 0 Å². The fourth-order valence-corrected chi connectivity index (χ4v) is 2.30. The van der Waals surface area contributed by atoms with Crippen LogP contribution in [0.2, 0.25) is 0 Å². The van der Waals surface area contributed by atoms with Crippen LogP contribution in [-0.4, -0.2) is 34.3 Å². The lowest BCUT2D eigenvalue weighted by molar-refractivity contribution is -0.142. The molecule has 21 heavy (non-hydrogen) atoms. The van der Waals surface area contributed by atoms with Crippen molar-refractivity contribution in [3.63, 3.8) is 0 Å². The molecular formula is C14H22N4O2S. The number of ether oxygens (including phenoxy) is 1. The van der Waals surface area contributed by atoms with Crippen molar-refractivity contribution < 1.29 is 9.53 Å². The topological polar surface area (TPSA) is 90.1 Å². The number of carbonyl (C=O) groups excluding carboxylic acids is 1. The van der Waals surface area contributed by atoms with Gasteiger partial charge in [0.15, 0.2) is 5.82 Å². The molecule has 3 N–H and O–H groups in total. The van der Waals surface area contributed by atoms with Crippen molar-refractivity contribution in [2.45, 2.75) is 40.0 Å². The number of hydrogen-bond acceptors (Lipinski definition) is 6. The second kappa shape index (κ2) is 8.51. The maximum Gasteiger partial charge on any atom is 0.307 e. The fourth-order valence-electron chi connectivity index (χ4n) is 2.08. The molecule has 0 amide bonds. The normalized spacial score (nSPS) is 10.2. The highest BCUT2D eigenvalue weighted by molar-refractivity contribution is 7.80. The zero-order chi connectivity index (χ0) is 15.8. The van der Waals surface area contributed by atoms with E-state index in [4.69, 9.17) is 22.7 Å². The van der Waals surface area contributed by atoms with Crippen LogP contribution in [0, 0.1) is 0 Å². The van der Waals surface area contributed by atoms with E-state index in [1.54, 1.807) is 6.92 Å². The summed E-state index contributed by atoms with van der Waals surface area (Å²) in [6.07, 6.45) is 1.80. The third-order valence-electron chi connectivity index (χ3n) is 3.02. The number of aromatic nitrogens is 2. The zero-order valence-electron chi connectivity index (χ0n) is 12.7. The van der Waals surface area contributed by atoms with Crippen LogP contribution in [0.5, 0.6) is 0 Å². The van der Waals surface area contributed by atoms with E-state index in [0.717, 1.165) is 29.7 Å². The SMILES string of the molecule is CCOC(=O)CCNc1nnc(CC)c(CC)c1C(N)=S. The Morgan fingerprint density at radius 3 is 2.52 bits per heavy atom. The second-order valence-corrected chi connectivity index (χ2v) is 4.84. The first-order valence-electron chi connectivity index (χ1n) is 7.12. The molecule has 0 aliphatic carbocycles. The summed E-state index contributed by atoms with van der Waals surface area (Å²) in [5.74, 6) is 0.275. The number of hydrogen-bond donors (Lipinski definition) is 2. The third kappa shape index (κ3) is 4.63. The molecule has 0 atom stereocenters. The summed E-state index contributed by atoms with van der Waals surface area (Å²) in [5.41, 5.74) is 8.46. The molecule has 0 radical (unpaired) electrons. The molecule has 0 unspecified atom stereocenters. The van der Waals surface area contributed by atoms with E-state index in [9.17, 15) is 4.79 Å². The molecule has 0 spiro atoms.